The van der Waals surface area contributed by atoms with E-state index in [9.17, 15) is 4.79 Å². The van der Waals surface area contributed by atoms with Crippen molar-refractivity contribution >= 4 is 17.6 Å². The van der Waals surface area contributed by atoms with E-state index in [0.717, 1.165) is 0 Å². The number of halogens is 1. The Labute approximate surface area is 108 Å². The maximum Gasteiger partial charge on any atom is 0.305 e. The number of carbonyl (C=O) groups is 1. The van der Waals surface area contributed by atoms with Crippen molar-refractivity contribution in [3.05, 3.63) is 16.7 Å². The lowest BCUT2D eigenvalue weighted by Crippen LogP contribution is -2.16. The summed E-state index contributed by atoms with van der Waals surface area (Å²) < 4.78 is 15.6. The molecule has 0 aromatic heterocycles. The predicted octanol–water partition coefficient (Wildman–Crippen LogP) is 1.55. The maximum absolute atomic E-state index is 10.7. The molecule has 0 radical (unpaired) electrons. The molecule has 3 N–H and O–H groups in total. The van der Waals surface area contributed by atoms with Crippen LogP contribution in [0.15, 0.2) is 6.07 Å². The van der Waals surface area contributed by atoms with E-state index in [1.165, 1.54) is 7.11 Å². The largest absolute Gasteiger partial charge is 0.495 e. The van der Waals surface area contributed by atoms with Gasteiger partial charge in [0, 0.05) is 11.6 Å². The Morgan fingerprint density at radius 3 is 3.00 bits per heavy atom. The van der Waals surface area contributed by atoms with E-state index in [2.05, 4.69) is 0 Å². The molecule has 0 amide bonds. The molecule has 0 spiro atoms. The van der Waals surface area contributed by atoms with Crippen molar-refractivity contribution in [2.75, 3.05) is 13.9 Å². The van der Waals surface area contributed by atoms with Crippen LogP contribution in [0.25, 0.3) is 0 Å². The van der Waals surface area contributed by atoms with Crippen molar-refractivity contribution in [1.82, 2.24) is 0 Å². The Bertz CT molecular complexity index is 491. The molecule has 98 valence electrons. The van der Waals surface area contributed by atoms with Gasteiger partial charge in [-0.15, -0.1) is 0 Å². The first kappa shape index (κ1) is 12.8. The summed E-state index contributed by atoms with van der Waals surface area (Å²) in [5.74, 6) is 0.143. The Balaban J connectivity index is 2.46. The molecule has 1 aliphatic heterocycles. The predicted molar refractivity (Wildman–Crippen MR) is 63.3 cm³/mol. The van der Waals surface area contributed by atoms with E-state index in [0.29, 0.717) is 22.8 Å². The number of nitrogens with two attached hydrogens (primary N) is 1. The lowest BCUT2D eigenvalue weighted by molar-refractivity contribution is -0.137. The Kier molecular flexibility index (Phi) is 3.49. The highest BCUT2D eigenvalue weighted by Gasteiger charge is 2.27. The molecule has 0 bridgehead atoms. The molecule has 1 heterocycles. The van der Waals surface area contributed by atoms with Crippen LogP contribution in [-0.2, 0) is 4.79 Å². The summed E-state index contributed by atoms with van der Waals surface area (Å²) in [6.45, 7) is 0.0653. The third kappa shape index (κ3) is 2.16. The van der Waals surface area contributed by atoms with Crippen LogP contribution in [0.5, 0.6) is 17.2 Å². The Morgan fingerprint density at radius 2 is 2.39 bits per heavy atom. The molecule has 6 nitrogen and oxygen atoms in total. The van der Waals surface area contributed by atoms with Gasteiger partial charge in [-0.05, 0) is 6.07 Å². The Morgan fingerprint density at radius 1 is 1.67 bits per heavy atom. The fourth-order valence-electron chi connectivity index (χ4n) is 1.78. The van der Waals surface area contributed by atoms with Crippen LogP contribution < -0.4 is 19.9 Å². The van der Waals surface area contributed by atoms with Gasteiger partial charge in [0.2, 0.25) is 6.79 Å². The second kappa shape index (κ2) is 4.91. The SMILES string of the molecule is COc1c(C(N)CC(=O)O)cc2c(c1Cl)OCO2. The molecule has 0 saturated heterocycles. The van der Waals surface area contributed by atoms with Crippen molar-refractivity contribution in [1.29, 1.82) is 0 Å². The fourth-order valence-corrected chi connectivity index (χ4v) is 2.12. The average molecular weight is 274 g/mol. The van der Waals surface area contributed by atoms with Crippen LogP contribution in [0.1, 0.15) is 18.0 Å². The first-order valence-electron chi connectivity index (χ1n) is 5.18. The van der Waals surface area contributed by atoms with Crippen molar-refractivity contribution in [2.24, 2.45) is 5.73 Å². The standard InChI is InChI=1S/C11H12ClNO5/c1-16-10-5(6(13)3-8(14)15)2-7-11(9(10)12)18-4-17-7/h2,6H,3-4,13H2,1H3,(H,14,15). The number of rotatable bonds is 4. The molecule has 2 rings (SSSR count). The number of fused-ring (bicyclic) bond motifs is 1. The van der Waals surface area contributed by atoms with Gasteiger partial charge >= 0.3 is 5.97 Å². The number of carboxylic acids is 1. The summed E-state index contributed by atoms with van der Waals surface area (Å²) in [6.07, 6.45) is -0.230. The number of hydrogen-bond donors (Lipinski definition) is 2. The summed E-state index contributed by atoms with van der Waals surface area (Å²) in [6, 6.07) is 0.866. The number of hydrogen-bond acceptors (Lipinski definition) is 5. The lowest BCUT2D eigenvalue weighted by Gasteiger charge is -2.16. The van der Waals surface area contributed by atoms with Gasteiger partial charge in [0.15, 0.2) is 11.5 Å². The van der Waals surface area contributed by atoms with Crippen molar-refractivity contribution in [2.45, 2.75) is 12.5 Å². The van der Waals surface area contributed by atoms with Gasteiger partial charge in [-0.3, -0.25) is 4.79 Å². The normalized spacial score (nSPS) is 14.4. The number of ether oxygens (including phenoxy) is 3. The van der Waals surface area contributed by atoms with E-state index >= 15 is 0 Å². The van der Waals surface area contributed by atoms with Crippen molar-refractivity contribution in [3.8, 4) is 17.2 Å². The summed E-state index contributed by atoms with van der Waals surface area (Å²) in [5.41, 5.74) is 6.30. The maximum atomic E-state index is 10.7. The third-order valence-corrected chi connectivity index (χ3v) is 2.93. The number of benzene rings is 1. The van der Waals surface area contributed by atoms with E-state index < -0.39 is 12.0 Å². The second-order valence-electron chi connectivity index (χ2n) is 3.75. The third-order valence-electron chi connectivity index (χ3n) is 2.59. The number of aliphatic carboxylic acids is 1. The van der Waals surface area contributed by atoms with E-state index in [1.807, 2.05) is 0 Å². The van der Waals surface area contributed by atoms with Crippen LogP contribution >= 0.6 is 11.6 Å². The molecule has 7 heteroatoms. The summed E-state index contributed by atoms with van der Waals surface area (Å²) in [7, 11) is 1.43. The molecule has 1 unspecified atom stereocenters. The monoisotopic (exact) mass is 273 g/mol. The summed E-state index contributed by atoms with van der Waals surface area (Å²) in [5, 5.41) is 9.00. The van der Waals surface area contributed by atoms with Gasteiger partial charge in [-0.25, -0.2) is 0 Å². The van der Waals surface area contributed by atoms with Crippen molar-refractivity contribution in [3.63, 3.8) is 0 Å². The smallest absolute Gasteiger partial charge is 0.305 e. The van der Waals surface area contributed by atoms with Gasteiger partial charge in [0.1, 0.15) is 10.8 Å². The molecule has 0 saturated carbocycles. The molecule has 1 aromatic carbocycles. The quantitative estimate of drug-likeness (QED) is 0.865. The highest BCUT2D eigenvalue weighted by Crippen LogP contribution is 2.48. The van der Waals surface area contributed by atoms with E-state index in [-0.39, 0.29) is 18.2 Å². The molecular weight excluding hydrogens is 262 g/mol. The van der Waals surface area contributed by atoms with Crippen LogP contribution in [0.4, 0.5) is 0 Å². The molecule has 1 aromatic rings. The van der Waals surface area contributed by atoms with Gasteiger partial charge in [-0.2, -0.15) is 0 Å². The van der Waals surface area contributed by atoms with Crippen molar-refractivity contribution < 1.29 is 24.1 Å². The van der Waals surface area contributed by atoms with Gasteiger partial charge < -0.3 is 25.1 Å². The van der Waals surface area contributed by atoms with Gasteiger partial charge in [0.05, 0.1) is 13.5 Å². The Hall–Kier alpha value is -1.66. The zero-order valence-corrected chi connectivity index (χ0v) is 10.4. The van der Waals surface area contributed by atoms with Crippen LogP contribution in [0.2, 0.25) is 5.02 Å². The molecule has 18 heavy (non-hydrogen) atoms. The molecular formula is C11H12ClNO5. The van der Waals surface area contributed by atoms with Crippen LogP contribution in [-0.4, -0.2) is 25.0 Å². The molecule has 1 aliphatic rings. The first-order valence-corrected chi connectivity index (χ1v) is 5.55. The van der Waals surface area contributed by atoms with E-state index in [1.54, 1.807) is 6.07 Å². The molecule has 1 atom stereocenters. The molecule has 0 fully saturated rings. The van der Waals surface area contributed by atoms with Crippen LogP contribution in [0, 0.1) is 0 Å². The van der Waals surface area contributed by atoms with Gasteiger partial charge in [0.25, 0.3) is 0 Å². The first-order chi connectivity index (χ1) is 8.54. The van der Waals surface area contributed by atoms with E-state index in [4.69, 9.17) is 36.7 Å². The minimum absolute atomic E-state index is 0.0653. The number of carboxylic acid groups (broad SMARTS) is 1. The topological polar surface area (TPSA) is 91.0 Å². The minimum Gasteiger partial charge on any atom is -0.495 e. The molecule has 0 aliphatic carbocycles. The lowest BCUT2D eigenvalue weighted by atomic mass is 10.0. The zero-order chi connectivity index (χ0) is 13.3. The van der Waals surface area contributed by atoms with Gasteiger partial charge in [-0.1, -0.05) is 11.6 Å². The summed E-state index contributed by atoms with van der Waals surface area (Å²) >= 11 is 6.11. The fraction of sp³-hybridized carbons (Fsp3) is 0.364. The highest BCUT2D eigenvalue weighted by atomic mass is 35.5. The average Bonchev–Trinajstić information content (AvgIpc) is 2.76. The summed E-state index contributed by atoms with van der Waals surface area (Å²) in [4.78, 5) is 10.7. The highest BCUT2D eigenvalue weighted by molar-refractivity contribution is 6.34. The zero-order valence-electron chi connectivity index (χ0n) is 9.60. The number of methoxy groups -OCH3 is 1. The second-order valence-corrected chi connectivity index (χ2v) is 4.13. The van der Waals surface area contributed by atoms with Crippen LogP contribution in [0.3, 0.4) is 0 Å². The minimum atomic E-state index is -1.00.